The monoisotopic (exact) mass is 256 g/mol. The third-order valence-corrected chi connectivity index (χ3v) is 2.75. The molecule has 0 unspecified atom stereocenters. The largest absolute Gasteiger partial charge is 0.364 e. The molecule has 0 aliphatic rings. The minimum Gasteiger partial charge on any atom is -0.364 e. The number of hydrogen-bond acceptors (Lipinski definition) is 3. The zero-order valence-electron chi connectivity index (χ0n) is 9.75. The number of halogens is 1. The zero-order valence-corrected chi connectivity index (χ0v) is 9.75. The van der Waals surface area contributed by atoms with Gasteiger partial charge in [0.2, 0.25) is 5.78 Å². The van der Waals surface area contributed by atoms with Crippen LogP contribution in [0.2, 0.25) is 0 Å². The summed E-state index contributed by atoms with van der Waals surface area (Å²) in [4.78, 5) is 19.9. The highest BCUT2D eigenvalue weighted by atomic mass is 19.1. The quantitative estimate of drug-likeness (QED) is 0.757. The summed E-state index contributed by atoms with van der Waals surface area (Å²) in [6.45, 7) is 0. The van der Waals surface area contributed by atoms with E-state index >= 15 is 0 Å². The van der Waals surface area contributed by atoms with E-state index in [0.717, 1.165) is 0 Å². The second-order valence-electron chi connectivity index (χ2n) is 3.97. The molecule has 3 aromatic rings. The lowest BCUT2D eigenvalue weighted by Crippen LogP contribution is -2.15. The van der Waals surface area contributed by atoms with Crippen molar-refractivity contribution in [3.63, 3.8) is 0 Å². The molecule has 0 aliphatic heterocycles. The first-order valence-electron chi connectivity index (χ1n) is 5.55. The van der Waals surface area contributed by atoms with Crippen LogP contribution in [-0.2, 0) is 0 Å². The number of benzene rings is 1. The lowest BCUT2D eigenvalue weighted by atomic mass is 10.1. The van der Waals surface area contributed by atoms with E-state index in [9.17, 15) is 9.18 Å². The number of imidazole rings is 1. The van der Waals surface area contributed by atoms with E-state index < -0.39 is 5.91 Å². The number of fused-ring (bicyclic) bond motifs is 1. The Bertz CT molecular complexity index is 764. The lowest BCUT2D eigenvalue weighted by molar-refractivity contribution is 0.0995. The van der Waals surface area contributed by atoms with Crippen LogP contribution in [0.5, 0.6) is 0 Å². The molecule has 0 saturated carbocycles. The number of carbonyl (C=O) groups excluding carboxylic acids is 1. The second kappa shape index (κ2) is 4.16. The fourth-order valence-electron chi connectivity index (χ4n) is 1.93. The third kappa shape index (κ3) is 1.83. The molecule has 19 heavy (non-hydrogen) atoms. The first-order chi connectivity index (χ1) is 9.16. The fourth-order valence-corrected chi connectivity index (χ4v) is 1.93. The van der Waals surface area contributed by atoms with Crippen LogP contribution in [0.15, 0.2) is 42.7 Å². The predicted octanol–water partition coefficient (Wildman–Crippen LogP) is 1.63. The summed E-state index contributed by atoms with van der Waals surface area (Å²) in [6.07, 6.45) is 3.23. The molecule has 3 rings (SSSR count). The van der Waals surface area contributed by atoms with Crippen LogP contribution < -0.4 is 5.73 Å². The minimum atomic E-state index is -0.611. The van der Waals surface area contributed by atoms with E-state index in [2.05, 4.69) is 9.97 Å². The Labute approximate surface area is 107 Å². The van der Waals surface area contributed by atoms with Gasteiger partial charge in [-0.3, -0.25) is 9.20 Å². The Morgan fingerprint density at radius 3 is 2.68 bits per heavy atom. The van der Waals surface area contributed by atoms with Crippen LogP contribution in [0.25, 0.3) is 17.0 Å². The molecule has 6 heteroatoms. The Morgan fingerprint density at radius 2 is 2.00 bits per heavy atom. The summed E-state index contributed by atoms with van der Waals surface area (Å²) in [5.74, 6) is -0.596. The second-order valence-corrected chi connectivity index (χ2v) is 3.97. The van der Waals surface area contributed by atoms with Crippen molar-refractivity contribution in [2.75, 3.05) is 0 Å². The molecule has 0 aliphatic carbocycles. The molecule has 0 saturated heterocycles. The van der Waals surface area contributed by atoms with Gasteiger partial charge in [-0.1, -0.05) is 0 Å². The topological polar surface area (TPSA) is 73.3 Å². The maximum absolute atomic E-state index is 12.9. The highest BCUT2D eigenvalue weighted by Gasteiger charge is 2.18. The molecule has 0 spiro atoms. The van der Waals surface area contributed by atoms with Gasteiger partial charge in [-0.05, 0) is 30.3 Å². The molecule has 1 aromatic carbocycles. The fraction of sp³-hybridized carbons (Fsp3) is 0. The third-order valence-electron chi connectivity index (χ3n) is 2.75. The van der Waals surface area contributed by atoms with Gasteiger partial charge in [-0.15, -0.1) is 0 Å². The van der Waals surface area contributed by atoms with E-state index in [1.54, 1.807) is 30.6 Å². The van der Waals surface area contributed by atoms with Crippen molar-refractivity contribution < 1.29 is 9.18 Å². The van der Waals surface area contributed by atoms with Crippen molar-refractivity contribution in [2.45, 2.75) is 0 Å². The maximum atomic E-state index is 12.9. The van der Waals surface area contributed by atoms with Crippen molar-refractivity contribution in [1.82, 2.24) is 14.4 Å². The van der Waals surface area contributed by atoms with Crippen molar-refractivity contribution in [1.29, 1.82) is 0 Å². The van der Waals surface area contributed by atoms with E-state index in [-0.39, 0.29) is 11.5 Å². The molecule has 0 radical (unpaired) electrons. The summed E-state index contributed by atoms with van der Waals surface area (Å²) >= 11 is 0. The number of primary amides is 1. The van der Waals surface area contributed by atoms with Crippen LogP contribution >= 0.6 is 0 Å². The molecule has 94 valence electrons. The van der Waals surface area contributed by atoms with Crippen molar-refractivity contribution in [3.8, 4) is 11.3 Å². The number of nitrogens with zero attached hydrogens (tertiary/aromatic N) is 3. The van der Waals surface area contributed by atoms with Crippen LogP contribution in [0.3, 0.4) is 0 Å². The molecule has 0 bridgehead atoms. The highest BCUT2D eigenvalue weighted by molar-refractivity contribution is 5.98. The van der Waals surface area contributed by atoms with Gasteiger partial charge in [-0.2, -0.15) is 0 Å². The predicted molar refractivity (Wildman–Crippen MR) is 66.9 cm³/mol. The van der Waals surface area contributed by atoms with Crippen molar-refractivity contribution in [3.05, 3.63) is 54.2 Å². The van der Waals surface area contributed by atoms with E-state index in [1.165, 1.54) is 16.5 Å². The van der Waals surface area contributed by atoms with Gasteiger partial charge >= 0.3 is 0 Å². The average Bonchev–Trinajstić information content (AvgIpc) is 2.78. The van der Waals surface area contributed by atoms with Crippen molar-refractivity contribution >= 4 is 11.7 Å². The van der Waals surface area contributed by atoms with Crippen LogP contribution in [0.4, 0.5) is 4.39 Å². The average molecular weight is 256 g/mol. The molecule has 2 N–H and O–H groups in total. The van der Waals surface area contributed by atoms with E-state index in [1.807, 2.05) is 0 Å². The van der Waals surface area contributed by atoms with Crippen LogP contribution in [0, 0.1) is 5.82 Å². The van der Waals surface area contributed by atoms with Gasteiger partial charge in [0.1, 0.15) is 17.2 Å². The number of carbonyl (C=O) groups is 1. The summed E-state index contributed by atoms with van der Waals surface area (Å²) in [5.41, 5.74) is 6.63. The molecule has 5 nitrogen and oxygen atoms in total. The molecular formula is C13H9FN4O. The van der Waals surface area contributed by atoms with Crippen LogP contribution in [0.1, 0.15) is 10.5 Å². The number of aromatic nitrogens is 3. The van der Waals surface area contributed by atoms with Gasteiger partial charge in [0.25, 0.3) is 5.91 Å². The zero-order chi connectivity index (χ0) is 13.4. The summed E-state index contributed by atoms with van der Waals surface area (Å²) in [7, 11) is 0. The van der Waals surface area contributed by atoms with Crippen LogP contribution in [-0.4, -0.2) is 20.3 Å². The molecule has 1 amide bonds. The summed E-state index contributed by atoms with van der Waals surface area (Å²) < 4.78 is 14.5. The lowest BCUT2D eigenvalue weighted by Gasteiger charge is -2.00. The van der Waals surface area contributed by atoms with Gasteiger partial charge < -0.3 is 5.73 Å². The normalized spacial score (nSPS) is 10.8. The Hall–Kier alpha value is -2.76. The smallest absolute Gasteiger partial charge is 0.268 e. The first kappa shape index (κ1) is 11.3. The summed E-state index contributed by atoms with van der Waals surface area (Å²) in [5, 5.41) is 0. The molecular weight excluding hydrogens is 247 g/mol. The molecule has 0 fully saturated rings. The van der Waals surface area contributed by atoms with Gasteiger partial charge in [0.15, 0.2) is 0 Å². The molecule has 2 aromatic heterocycles. The highest BCUT2D eigenvalue weighted by Crippen LogP contribution is 2.23. The summed E-state index contributed by atoms with van der Waals surface area (Å²) in [6, 6.07) is 7.37. The minimum absolute atomic E-state index is 0.231. The number of nitrogens with two attached hydrogens (primary N) is 1. The van der Waals surface area contributed by atoms with Gasteiger partial charge in [-0.25, -0.2) is 14.4 Å². The first-order valence-corrected chi connectivity index (χ1v) is 5.55. The standard InChI is InChI=1S/C13H9FN4O/c14-9-4-2-8(3-5-9)10-11(12(15)19)18-7-1-6-16-13(18)17-10/h1-7H,(H2,15,19). The number of rotatable bonds is 2. The SMILES string of the molecule is NC(=O)c1c(-c2ccc(F)cc2)nc2ncccn12. The Balaban J connectivity index is 2.31. The number of amides is 1. The van der Waals surface area contributed by atoms with Crippen molar-refractivity contribution in [2.24, 2.45) is 5.73 Å². The number of hydrogen-bond donors (Lipinski definition) is 1. The van der Waals surface area contributed by atoms with Gasteiger partial charge in [0.05, 0.1) is 0 Å². The molecule has 2 heterocycles. The molecule has 0 atom stereocenters. The Morgan fingerprint density at radius 1 is 1.26 bits per heavy atom. The van der Waals surface area contributed by atoms with Gasteiger partial charge in [0, 0.05) is 18.0 Å². The Kier molecular flexibility index (Phi) is 2.49. The van der Waals surface area contributed by atoms with E-state index in [0.29, 0.717) is 17.0 Å². The maximum Gasteiger partial charge on any atom is 0.268 e. The van der Waals surface area contributed by atoms with E-state index in [4.69, 9.17) is 5.73 Å².